The molecule has 0 spiro atoms. The van der Waals surface area contributed by atoms with Gasteiger partial charge in [-0.25, -0.2) is 0 Å². The average molecular weight is 128 g/mol. The Balaban J connectivity index is 1.98. The summed E-state index contributed by atoms with van der Waals surface area (Å²) in [4.78, 5) is 2.42. The molecule has 0 aromatic carbocycles. The zero-order chi connectivity index (χ0) is 6.69. The van der Waals surface area contributed by atoms with Gasteiger partial charge in [-0.2, -0.15) is 0 Å². The Morgan fingerprint density at radius 2 is 2.22 bits per heavy atom. The van der Waals surface area contributed by atoms with Crippen molar-refractivity contribution in [1.29, 1.82) is 0 Å². The average Bonchev–Trinajstić information content (AvgIpc) is 1.77. The van der Waals surface area contributed by atoms with Gasteiger partial charge < -0.3 is 5.32 Å². The minimum atomic E-state index is 0.985. The molecule has 1 aliphatic heterocycles. The summed E-state index contributed by atoms with van der Waals surface area (Å²) >= 11 is 0. The minimum Gasteiger partial charge on any atom is -0.307 e. The summed E-state index contributed by atoms with van der Waals surface area (Å²) in [5, 5.41) is 3.14. The van der Waals surface area contributed by atoms with Crippen molar-refractivity contribution in [3.05, 3.63) is 0 Å². The van der Waals surface area contributed by atoms with Crippen LogP contribution in [0.4, 0.5) is 0 Å². The van der Waals surface area contributed by atoms with Crippen LogP contribution in [-0.4, -0.2) is 31.7 Å². The Hall–Kier alpha value is -0.0800. The SMILES string of the molecule is CCC1CN(CNC)C1. The minimum absolute atomic E-state index is 0.985. The highest BCUT2D eigenvalue weighted by Crippen LogP contribution is 2.16. The first-order chi connectivity index (χ1) is 4.36. The summed E-state index contributed by atoms with van der Waals surface area (Å²) in [5.74, 6) is 0.985. The molecule has 2 nitrogen and oxygen atoms in total. The Morgan fingerprint density at radius 1 is 1.56 bits per heavy atom. The van der Waals surface area contributed by atoms with E-state index in [-0.39, 0.29) is 0 Å². The van der Waals surface area contributed by atoms with Gasteiger partial charge in [-0.05, 0) is 13.0 Å². The number of likely N-dealkylation sites (tertiary alicyclic amines) is 1. The molecule has 0 unspecified atom stereocenters. The van der Waals surface area contributed by atoms with Crippen LogP contribution in [0.15, 0.2) is 0 Å². The van der Waals surface area contributed by atoms with Crippen LogP contribution in [0.5, 0.6) is 0 Å². The maximum Gasteiger partial charge on any atom is 0.0478 e. The van der Waals surface area contributed by atoms with Crippen LogP contribution in [0.25, 0.3) is 0 Å². The van der Waals surface area contributed by atoms with Crippen molar-refractivity contribution in [3.8, 4) is 0 Å². The molecule has 1 N–H and O–H groups in total. The van der Waals surface area contributed by atoms with Gasteiger partial charge in [0.2, 0.25) is 0 Å². The third-order valence-electron chi connectivity index (χ3n) is 1.99. The number of hydrogen-bond acceptors (Lipinski definition) is 2. The van der Waals surface area contributed by atoms with Gasteiger partial charge in [0, 0.05) is 19.8 Å². The van der Waals surface area contributed by atoms with E-state index in [1.165, 1.54) is 19.5 Å². The Labute approximate surface area is 57.2 Å². The van der Waals surface area contributed by atoms with Gasteiger partial charge in [0.1, 0.15) is 0 Å². The summed E-state index contributed by atoms with van der Waals surface area (Å²) in [5.41, 5.74) is 0. The zero-order valence-corrected chi connectivity index (χ0v) is 6.35. The second kappa shape index (κ2) is 3.18. The molecule has 1 rings (SSSR count). The smallest absolute Gasteiger partial charge is 0.0478 e. The fourth-order valence-electron chi connectivity index (χ4n) is 1.29. The quantitative estimate of drug-likeness (QED) is 0.595. The lowest BCUT2D eigenvalue weighted by Gasteiger charge is -2.38. The third-order valence-corrected chi connectivity index (χ3v) is 1.99. The van der Waals surface area contributed by atoms with Crippen molar-refractivity contribution in [1.82, 2.24) is 10.2 Å². The van der Waals surface area contributed by atoms with Gasteiger partial charge in [-0.3, -0.25) is 4.90 Å². The maximum atomic E-state index is 3.14. The molecule has 1 heterocycles. The molecule has 0 aromatic rings. The third kappa shape index (κ3) is 1.66. The number of hydrogen-bond donors (Lipinski definition) is 1. The van der Waals surface area contributed by atoms with Crippen molar-refractivity contribution in [2.75, 3.05) is 26.8 Å². The molecule has 0 aliphatic carbocycles. The maximum absolute atomic E-state index is 3.14. The largest absolute Gasteiger partial charge is 0.307 e. The Morgan fingerprint density at radius 3 is 2.67 bits per heavy atom. The monoisotopic (exact) mass is 128 g/mol. The fourth-order valence-corrected chi connectivity index (χ4v) is 1.29. The molecule has 9 heavy (non-hydrogen) atoms. The molecule has 0 atom stereocenters. The molecule has 0 amide bonds. The summed E-state index contributed by atoms with van der Waals surface area (Å²) < 4.78 is 0. The topological polar surface area (TPSA) is 15.3 Å². The highest BCUT2D eigenvalue weighted by Gasteiger charge is 2.23. The number of nitrogens with one attached hydrogen (secondary N) is 1. The molecule has 54 valence electrons. The van der Waals surface area contributed by atoms with Crippen LogP contribution >= 0.6 is 0 Å². The molecular formula is C7H16N2. The van der Waals surface area contributed by atoms with E-state index < -0.39 is 0 Å². The van der Waals surface area contributed by atoms with Gasteiger partial charge in [0.25, 0.3) is 0 Å². The second-order valence-electron chi connectivity index (χ2n) is 2.82. The lowest BCUT2D eigenvalue weighted by Crippen LogP contribution is -2.49. The first-order valence-electron chi connectivity index (χ1n) is 3.73. The van der Waals surface area contributed by atoms with Crippen molar-refractivity contribution >= 4 is 0 Å². The predicted octanol–water partition coefficient (Wildman–Crippen LogP) is 0.505. The van der Waals surface area contributed by atoms with Gasteiger partial charge >= 0.3 is 0 Å². The first-order valence-corrected chi connectivity index (χ1v) is 3.73. The van der Waals surface area contributed by atoms with E-state index in [1.54, 1.807) is 0 Å². The van der Waals surface area contributed by atoms with Crippen LogP contribution < -0.4 is 5.32 Å². The normalized spacial score (nSPS) is 22.0. The summed E-state index contributed by atoms with van der Waals surface area (Å²) in [6.45, 7) is 5.94. The van der Waals surface area contributed by atoms with Crippen LogP contribution in [0.3, 0.4) is 0 Å². The highest BCUT2D eigenvalue weighted by atomic mass is 15.3. The molecule has 0 saturated carbocycles. The molecule has 1 saturated heterocycles. The Bertz CT molecular complexity index is 77.0. The fraction of sp³-hybridized carbons (Fsp3) is 1.00. The van der Waals surface area contributed by atoms with E-state index in [0.717, 1.165) is 12.6 Å². The summed E-state index contributed by atoms with van der Waals surface area (Å²) in [6.07, 6.45) is 1.35. The van der Waals surface area contributed by atoms with Gasteiger partial charge in [-0.15, -0.1) is 0 Å². The van der Waals surface area contributed by atoms with E-state index >= 15 is 0 Å². The first kappa shape index (κ1) is 7.03. The van der Waals surface area contributed by atoms with Crippen LogP contribution in [0.1, 0.15) is 13.3 Å². The molecule has 0 aromatic heterocycles. The van der Waals surface area contributed by atoms with E-state index in [1.807, 2.05) is 7.05 Å². The van der Waals surface area contributed by atoms with Gasteiger partial charge in [-0.1, -0.05) is 13.3 Å². The van der Waals surface area contributed by atoms with Crippen molar-refractivity contribution in [2.45, 2.75) is 13.3 Å². The van der Waals surface area contributed by atoms with E-state index in [2.05, 4.69) is 17.1 Å². The van der Waals surface area contributed by atoms with Crippen molar-refractivity contribution in [2.24, 2.45) is 5.92 Å². The van der Waals surface area contributed by atoms with Gasteiger partial charge in [0.15, 0.2) is 0 Å². The van der Waals surface area contributed by atoms with Gasteiger partial charge in [0.05, 0.1) is 0 Å². The van der Waals surface area contributed by atoms with Crippen molar-refractivity contribution < 1.29 is 0 Å². The van der Waals surface area contributed by atoms with Crippen LogP contribution in [-0.2, 0) is 0 Å². The van der Waals surface area contributed by atoms with E-state index in [0.29, 0.717) is 0 Å². The molecule has 0 bridgehead atoms. The lowest BCUT2D eigenvalue weighted by molar-refractivity contribution is 0.0912. The molecular weight excluding hydrogens is 112 g/mol. The standard InChI is InChI=1S/C7H16N2/c1-3-7-4-9(5-7)6-8-2/h7-8H,3-6H2,1-2H3. The van der Waals surface area contributed by atoms with E-state index in [4.69, 9.17) is 0 Å². The van der Waals surface area contributed by atoms with Crippen LogP contribution in [0.2, 0.25) is 0 Å². The predicted molar refractivity (Wildman–Crippen MR) is 39.3 cm³/mol. The lowest BCUT2D eigenvalue weighted by atomic mass is 9.98. The van der Waals surface area contributed by atoms with E-state index in [9.17, 15) is 0 Å². The number of rotatable bonds is 3. The number of nitrogens with zero attached hydrogens (tertiary/aromatic N) is 1. The molecule has 0 radical (unpaired) electrons. The van der Waals surface area contributed by atoms with Crippen molar-refractivity contribution in [3.63, 3.8) is 0 Å². The summed E-state index contributed by atoms with van der Waals surface area (Å²) in [6, 6.07) is 0. The molecule has 1 fully saturated rings. The highest BCUT2D eigenvalue weighted by molar-refractivity contribution is 4.76. The second-order valence-corrected chi connectivity index (χ2v) is 2.82. The Kier molecular flexibility index (Phi) is 2.49. The zero-order valence-electron chi connectivity index (χ0n) is 6.35. The van der Waals surface area contributed by atoms with Crippen LogP contribution in [0, 0.1) is 5.92 Å². The molecule has 1 aliphatic rings. The molecule has 2 heteroatoms. The summed E-state index contributed by atoms with van der Waals surface area (Å²) in [7, 11) is 2.00.